The average molecular weight is 414 g/mol. The van der Waals surface area contributed by atoms with E-state index in [1.54, 1.807) is 0 Å². The monoisotopic (exact) mass is 415 g/mol. The molecule has 0 unspecified atom stereocenters. The van der Waals surface area contributed by atoms with E-state index in [0.29, 0.717) is 0 Å². The predicted molar refractivity (Wildman–Crippen MR) is 0 cm³/mol. The van der Waals surface area contributed by atoms with Crippen LogP contribution in [-0.2, 0) is 36.3 Å². The van der Waals surface area contributed by atoms with Gasteiger partial charge in [0.2, 0.25) is 0 Å². The molecule has 0 spiro atoms. The van der Waals surface area contributed by atoms with Crippen molar-refractivity contribution in [3.8, 4) is 0 Å². The third kappa shape index (κ3) is 8.82. The summed E-state index contributed by atoms with van der Waals surface area (Å²) in [4.78, 5) is 0. The molecule has 0 fully saturated rings. The first kappa shape index (κ1) is 30.7. The van der Waals surface area contributed by atoms with Crippen molar-refractivity contribution in [3.05, 3.63) is 0 Å². The minimum atomic E-state index is 0. The van der Waals surface area contributed by atoms with Crippen molar-refractivity contribution in [3.63, 3.8) is 0 Å². The summed E-state index contributed by atoms with van der Waals surface area (Å²) in [6.07, 6.45) is 0. The van der Waals surface area contributed by atoms with E-state index in [1.165, 1.54) is 0 Å². The third-order valence-electron chi connectivity index (χ3n) is 0. The van der Waals surface area contributed by atoms with Crippen molar-refractivity contribution in [1.29, 1.82) is 0 Å². The second-order valence-electron chi connectivity index (χ2n) is 0. The first-order valence-corrected chi connectivity index (χ1v) is 0. The molecule has 0 aliphatic rings. The van der Waals surface area contributed by atoms with Gasteiger partial charge in [-0.3, -0.25) is 0 Å². The van der Waals surface area contributed by atoms with Crippen LogP contribution in [0.25, 0.3) is 0 Å². The zero-order chi connectivity index (χ0) is 0. The molecule has 0 aliphatic heterocycles. The Kier molecular flexibility index (Phi) is 135. The molecule has 0 aromatic heterocycles. The fourth-order valence-electron chi connectivity index (χ4n) is 0. The molecule has 4 heteroatoms. The topological polar surface area (TPSA) is 0 Å². The summed E-state index contributed by atoms with van der Waals surface area (Å²) in [5.41, 5.74) is 0. The first-order valence-electron chi connectivity index (χ1n) is 0. The molecule has 4 heavy (non-hydrogen) atoms. The Bertz CT molecular complexity index is 6.00. The Morgan fingerprint density at radius 2 is 0.750 bits per heavy atom. The Morgan fingerprint density at radius 1 is 0.750 bits per heavy atom. The molecule has 0 heterocycles. The summed E-state index contributed by atoms with van der Waals surface area (Å²) >= 11 is 0. The molecule has 0 amide bonds. The van der Waals surface area contributed by atoms with Gasteiger partial charge in [0.25, 0.3) is 0 Å². The van der Waals surface area contributed by atoms with Crippen molar-refractivity contribution in [2.75, 3.05) is 0 Å². The zero-order valence-corrected chi connectivity index (χ0v) is 8.54. The van der Waals surface area contributed by atoms with Crippen LogP contribution >= 0.6 is 0 Å². The maximum atomic E-state index is 0. The molecule has 0 aromatic carbocycles. The van der Waals surface area contributed by atoms with E-state index in [4.69, 9.17) is 0 Å². The van der Waals surface area contributed by atoms with Gasteiger partial charge in [0, 0.05) is 19.5 Å². The molecule has 0 atom stereocenters. The molecule has 0 saturated heterocycles. The van der Waals surface area contributed by atoms with Gasteiger partial charge in [-0.05, 0) is 0 Å². The van der Waals surface area contributed by atoms with Gasteiger partial charge in [0.15, 0.2) is 0 Å². The molecular formula is CoI2Ru. The van der Waals surface area contributed by atoms with Gasteiger partial charge in [-0.25, -0.2) is 0 Å². The van der Waals surface area contributed by atoms with E-state index in [2.05, 4.69) is 0 Å². The van der Waals surface area contributed by atoms with Crippen LogP contribution in [0.3, 0.4) is 0 Å². The van der Waals surface area contributed by atoms with Gasteiger partial charge in [0.05, 0.1) is 0 Å². The molecule has 0 nitrogen and oxygen atoms in total. The molecule has 31 valence electrons. The fourth-order valence-corrected chi connectivity index (χ4v) is 0. The first-order chi connectivity index (χ1) is 0. The van der Waals surface area contributed by atoms with Crippen LogP contribution in [-0.4, -0.2) is 0 Å². The van der Waals surface area contributed by atoms with Crippen LogP contribution in [0.5, 0.6) is 0 Å². The molecule has 0 bridgehead atoms. The summed E-state index contributed by atoms with van der Waals surface area (Å²) in [5, 5.41) is 0. The maximum absolute atomic E-state index is 0. The normalized spacial score (nSPS) is 0. The van der Waals surface area contributed by atoms with Crippen molar-refractivity contribution in [1.82, 2.24) is 0 Å². The van der Waals surface area contributed by atoms with Gasteiger partial charge < -0.3 is 48.0 Å². The summed E-state index contributed by atoms with van der Waals surface area (Å²) in [5.74, 6) is 0. The summed E-state index contributed by atoms with van der Waals surface area (Å²) in [7, 11) is 0. The standard InChI is InChI=1S/Co.2HI.Ru/h;2*1H;/q+2;;;/p-2. The quantitative estimate of drug-likeness (QED) is 0.274. The number of rotatable bonds is 0. The SMILES string of the molecule is [Co+2].[I-].[I-].[Ru]. The van der Waals surface area contributed by atoms with Gasteiger partial charge >= 0.3 is 16.8 Å². The Morgan fingerprint density at radius 3 is 0.750 bits per heavy atom. The molecule has 0 aromatic rings. The van der Waals surface area contributed by atoms with Crippen LogP contribution in [0.2, 0.25) is 0 Å². The minimum Gasteiger partial charge on any atom is -1.00 e. The van der Waals surface area contributed by atoms with Crippen molar-refractivity contribution >= 4 is 0 Å². The smallest absolute Gasteiger partial charge is 1.00 e. The molecule has 0 rings (SSSR count). The third-order valence-corrected chi connectivity index (χ3v) is 0. The largest absolute Gasteiger partial charge is 2.00 e. The van der Waals surface area contributed by atoms with E-state index in [9.17, 15) is 0 Å². The fraction of sp³-hybridized carbons (Fsp3) is 0. The Balaban J connectivity index is 0. The molecule has 1 radical (unpaired) electrons. The molecule has 0 N–H and O–H groups in total. The van der Waals surface area contributed by atoms with Gasteiger partial charge in [-0.2, -0.15) is 0 Å². The Hall–Kier alpha value is 2.59. The van der Waals surface area contributed by atoms with Crippen LogP contribution in [0.1, 0.15) is 0 Å². The number of hydrogen-bond donors (Lipinski definition) is 0. The van der Waals surface area contributed by atoms with Crippen molar-refractivity contribution in [2.45, 2.75) is 0 Å². The summed E-state index contributed by atoms with van der Waals surface area (Å²) in [6, 6.07) is 0. The molecular weight excluding hydrogens is 414 g/mol. The Labute approximate surface area is 82.9 Å². The predicted octanol–water partition coefficient (Wildman–Crippen LogP) is -6.00. The van der Waals surface area contributed by atoms with Gasteiger partial charge in [-0.15, -0.1) is 0 Å². The van der Waals surface area contributed by atoms with Crippen LogP contribution < -0.4 is 48.0 Å². The maximum Gasteiger partial charge on any atom is 2.00 e. The van der Waals surface area contributed by atoms with E-state index in [1.807, 2.05) is 0 Å². The van der Waals surface area contributed by atoms with Crippen molar-refractivity contribution in [2.24, 2.45) is 0 Å². The summed E-state index contributed by atoms with van der Waals surface area (Å²) in [6.45, 7) is 0. The number of hydrogen-bond acceptors (Lipinski definition) is 0. The molecule has 0 saturated carbocycles. The minimum absolute atomic E-state index is 0. The van der Waals surface area contributed by atoms with Crippen molar-refractivity contribution < 1.29 is 84.2 Å². The zero-order valence-electron chi connectivity index (χ0n) is 1.44. The van der Waals surface area contributed by atoms with E-state index < -0.39 is 0 Å². The van der Waals surface area contributed by atoms with Crippen LogP contribution in [0.15, 0.2) is 0 Å². The average Bonchev–Trinajstić information content (AvgIpc) is 0. The molecule has 0 aliphatic carbocycles. The summed E-state index contributed by atoms with van der Waals surface area (Å²) < 4.78 is 0. The van der Waals surface area contributed by atoms with E-state index in [-0.39, 0.29) is 84.2 Å². The second kappa shape index (κ2) is 17.6. The van der Waals surface area contributed by atoms with E-state index in [0.717, 1.165) is 0 Å². The second-order valence-corrected chi connectivity index (χ2v) is 0. The van der Waals surface area contributed by atoms with Gasteiger partial charge in [0.1, 0.15) is 0 Å². The number of halogens is 2. The van der Waals surface area contributed by atoms with Crippen LogP contribution in [0, 0.1) is 0 Å². The van der Waals surface area contributed by atoms with Crippen LogP contribution in [0.4, 0.5) is 0 Å². The van der Waals surface area contributed by atoms with E-state index >= 15 is 0 Å². The van der Waals surface area contributed by atoms with Gasteiger partial charge in [-0.1, -0.05) is 0 Å².